The van der Waals surface area contributed by atoms with Gasteiger partial charge in [-0.05, 0) is 207 Å². The minimum atomic E-state index is -2.33. The van der Waals surface area contributed by atoms with Crippen molar-refractivity contribution >= 4 is 144 Å². The van der Waals surface area contributed by atoms with Crippen LogP contribution in [0.4, 0.5) is 0 Å². The van der Waals surface area contributed by atoms with Crippen LogP contribution >= 0.6 is 0 Å². The Labute approximate surface area is 767 Å². The smallest absolute Gasteiger partial charge is 0.182 e. The Balaban J connectivity index is 0.0000000983. The average molecular weight is 1750 g/mol. The second kappa shape index (κ2) is 34.7. The number of fused-ring (bicyclic) bond motifs is 15. The summed E-state index contributed by atoms with van der Waals surface area (Å²) < 4.78 is 0. The standard InChI is InChI=1S/5C24H19NSi/c1-18-9-8-14-22-21-15-16-25-17-23(21)26(24(18)22,19-10-4-2-5-11-19)20-12-6-3-7-13-20;1-18-16-25-17-22-21-14-8-9-15-23(21)26(24(18)22,19-10-4-2-5-11-19)20-12-6-3-7-13-20;1-18-16-24-22(17-25-18)21-14-8-9-15-23(21)26(24,19-10-4-2-5-11-19)20-12-6-3-7-13-20;1-18-24-21-14-8-9-15-22(21)26(23(24)16-17-25-18,19-10-4-2-5-11-19)20-12-6-3-7-13-20;1-18-12-13-21-22-14-15-25-17-24(22)26(23(21)16-18,19-8-4-2-5-9-19)20-10-6-3-7-11-20/h5*2-17H,1H3. The summed E-state index contributed by atoms with van der Waals surface area (Å²) >= 11 is 0. The Morgan fingerprint density at radius 1 is 0.177 bits per heavy atom. The molecular weight excluding hydrogens is 1650 g/mol. The normalized spacial score (nSPS) is 13.9. The maximum Gasteiger partial charge on any atom is 0.182 e. The van der Waals surface area contributed by atoms with E-state index in [-0.39, 0.29) is 0 Å². The highest BCUT2D eigenvalue weighted by Crippen LogP contribution is 2.36. The summed E-state index contributed by atoms with van der Waals surface area (Å²) in [5, 5.41) is 28.9. The molecule has 0 spiro atoms. The fraction of sp³-hybridized carbons (Fsp3) is 0.0417. The number of aryl methyl sites for hydroxylation is 5. The Bertz CT molecular complexity index is 6860. The van der Waals surface area contributed by atoms with Crippen molar-refractivity contribution in [2.24, 2.45) is 0 Å². The molecular formula is C120H95N5Si5. The zero-order valence-electron chi connectivity index (χ0n) is 73.4. The molecule has 5 nitrogen and oxygen atoms in total. The van der Waals surface area contributed by atoms with Gasteiger partial charge in [0, 0.05) is 77.7 Å². The van der Waals surface area contributed by atoms with Crippen molar-refractivity contribution < 1.29 is 0 Å². The lowest BCUT2D eigenvalue weighted by Gasteiger charge is -2.32. The first-order valence-electron chi connectivity index (χ1n) is 45.0. The largest absolute Gasteiger partial charge is 0.265 e. The number of benzene rings is 15. The third kappa shape index (κ3) is 13.2. The summed E-state index contributed by atoms with van der Waals surface area (Å²) in [5.41, 5.74) is 19.6. The molecule has 5 aromatic heterocycles. The molecule has 5 aliphatic rings. The van der Waals surface area contributed by atoms with Crippen molar-refractivity contribution in [3.8, 4) is 55.6 Å². The topological polar surface area (TPSA) is 64.5 Å². The number of hydrogen-bond acceptors (Lipinski definition) is 5. The lowest BCUT2D eigenvalue weighted by Crippen LogP contribution is -2.73. The molecule has 130 heavy (non-hydrogen) atoms. The SMILES string of the molecule is Cc1cc2c(cn1)-c1ccccc1[Si]2(c1ccccc1)c1ccccc1.Cc1ccc2c(c1)[Si](c1ccccc1)(c1ccccc1)c1cnccc1-2.Cc1cccc2c1[Si](c1ccccc1)(c1ccccc1)c1cnccc1-2.Cc1cncc2c1[Si](c1ccccc1)(c1ccccc1)c1ccccc1-2.Cc1nccc2c1-c1ccccc1[Si]2(c1ccccc1)c1ccccc1. The molecule has 620 valence electrons. The van der Waals surface area contributed by atoms with E-state index in [1.165, 1.54) is 176 Å². The summed E-state index contributed by atoms with van der Waals surface area (Å²) in [5.74, 6) is 0. The average Bonchev–Trinajstić information content (AvgIpc) is 1.54. The fourth-order valence-electron chi connectivity index (χ4n) is 22.6. The van der Waals surface area contributed by atoms with Crippen molar-refractivity contribution in [3.05, 3.63) is 514 Å². The second-order valence-corrected chi connectivity index (χ2v) is 53.1. The van der Waals surface area contributed by atoms with Crippen molar-refractivity contribution in [1.82, 2.24) is 24.9 Å². The van der Waals surface area contributed by atoms with E-state index in [0.29, 0.717) is 0 Å². The highest BCUT2D eigenvalue weighted by molar-refractivity contribution is 7.25. The van der Waals surface area contributed by atoms with Crippen LogP contribution in [-0.2, 0) is 0 Å². The summed E-state index contributed by atoms with van der Waals surface area (Å²) in [4.78, 5) is 22.9. The lowest BCUT2D eigenvalue weighted by molar-refractivity contribution is 1.21. The number of nitrogens with zero attached hydrogens (tertiary/aromatic N) is 5. The number of rotatable bonds is 10. The van der Waals surface area contributed by atoms with Gasteiger partial charge in [-0.15, -0.1) is 0 Å². The molecule has 0 atom stereocenters. The van der Waals surface area contributed by atoms with Crippen molar-refractivity contribution in [1.29, 1.82) is 0 Å². The van der Waals surface area contributed by atoms with Crippen LogP contribution in [0.5, 0.6) is 0 Å². The van der Waals surface area contributed by atoms with Gasteiger partial charge in [0.05, 0.1) is 0 Å². The van der Waals surface area contributed by atoms with E-state index in [1.54, 1.807) is 0 Å². The van der Waals surface area contributed by atoms with Crippen molar-refractivity contribution in [2.75, 3.05) is 0 Å². The Morgan fingerprint density at radius 3 is 0.954 bits per heavy atom. The fourth-order valence-corrected chi connectivity index (χ4v) is 49.1. The van der Waals surface area contributed by atoms with Crippen LogP contribution in [-0.4, -0.2) is 65.3 Å². The van der Waals surface area contributed by atoms with Gasteiger partial charge in [-0.3, -0.25) is 24.9 Å². The minimum absolute atomic E-state index is 1.08. The molecule has 15 aromatic carbocycles. The number of aromatic nitrogens is 5. The van der Waals surface area contributed by atoms with Gasteiger partial charge >= 0.3 is 0 Å². The van der Waals surface area contributed by atoms with Gasteiger partial charge in [0.25, 0.3) is 0 Å². The Morgan fingerprint density at radius 2 is 0.500 bits per heavy atom. The molecule has 10 heteroatoms. The van der Waals surface area contributed by atoms with Gasteiger partial charge in [-0.25, -0.2) is 0 Å². The van der Waals surface area contributed by atoms with E-state index in [9.17, 15) is 0 Å². The third-order valence-corrected chi connectivity index (χ3v) is 52.3. The number of hydrogen-bond donors (Lipinski definition) is 0. The van der Waals surface area contributed by atoms with Gasteiger partial charge in [-0.2, -0.15) is 0 Å². The Kier molecular flexibility index (Phi) is 21.9. The molecule has 0 aliphatic carbocycles. The van der Waals surface area contributed by atoms with Gasteiger partial charge in [-0.1, -0.05) is 424 Å². The van der Waals surface area contributed by atoms with Crippen LogP contribution in [0.2, 0.25) is 0 Å². The third-order valence-electron chi connectivity index (χ3n) is 27.7. The summed E-state index contributed by atoms with van der Waals surface area (Å²) in [6.07, 6.45) is 16.2. The molecule has 0 radical (unpaired) electrons. The predicted molar refractivity (Wildman–Crippen MR) is 558 cm³/mol. The molecule has 0 saturated carbocycles. The first-order valence-corrected chi connectivity index (χ1v) is 55.0. The predicted octanol–water partition coefficient (Wildman–Crippen LogP) is 13.7. The zero-order valence-corrected chi connectivity index (χ0v) is 78.4. The van der Waals surface area contributed by atoms with Crippen LogP contribution in [0, 0.1) is 34.6 Å². The summed E-state index contributed by atoms with van der Waals surface area (Å²) in [7, 11) is -11.6. The van der Waals surface area contributed by atoms with Crippen LogP contribution < -0.4 is 104 Å². The van der Waals surface area contributed by atoms with Crippen LogP contribution in [0.1, 0.15) is 28.1 Å². The maximum atomic E-state index is 4.62. The monoisotopic (exact) mass is 1750 g/mol. The zero-order chi connectivity index (χ0) is 87.8. The van der Waals surface area contributed by atoms with Crippen molar-refractivity contribution in [2.45, 2.75) is 34.6 Å². The van der Waals surface area contributed by atoms with E-state index in [2.05, 4.69) is 521 Å². The van der Waals surface area contributed by atoms with Crippen LogP contribution in [0.25, 0.3) is 55.6 Å². The highest BCUT2D eigenvalue weighted by atomic mass is 28.3. The molecule has 0 fully saturated rings. The highest BCUT2D eigenvalue weighted by Gasteiger charge is 2.55. The molecule has 5 aliphatic heterocycles. The van der Waals surface area contributed by atoms with Gasteiger partial charge in [0.2, 0.25) is 0 Å². The van der Waals surface area contributed by atoms with E-state index in [0.717, 1.165) is 11.4 Å². The summed E-state index contributed by atoms with van der Waals surface area (Å²) in [6.45, 7) is 10.9. The van der Waals surface area contributed by atoms with Gasteiger partial charge in [0.15, 0.2) is 40.4 Å². The second-order valence-electron chi connectivity index (χ2n) is 34.5. The first kappa shape index (κ1) is 82.1. The molecule has 0 amide bonds. The van der Waals surface area contributed by atoms with Crippen LogP contribution in [0.3, 0.4) is 0 Å². The van der Waals surface area contributed by atoms with E-state index in [1.807, 2.05) is 24.8 Å². The minimum Gasteiger partial charge on any atom is -0.265 e. The van der Waals surface area contributed by atoms with E-state index < -0.39 is 40.4 Å². The van der Waals surface area contributed by atoms with Crippen molar-refractivity contribution in [3.63, 3.8) is 0 Å². The molecule has 0 unspecified atom stereocenters. The lowest BCUT2D eigenvalue weighted by atomic mass is 10.1. The Hall–Kier alpha value is -14.9. The molecule has 10 heterocycles. The first-order chi connectivity index (χ1) is 64.1. The molecule has 0 N–H and O–H groups in total. The van der Waals surface area contributed by atoms with E-state index in [4.69, 9.17) is 0 Å². The maximum absolute atomic E-state index is 4.62. The van der Waals surface area contributed by atoms with Gasteiger partial charge < -0.3 is 0 Å². The molecule has 25 rings (SSSR count). The molecule has 0 bridgehead atoms. The molecule has 0 saturated heterocycles. The number of pyridine rings is 5. The van der Waals surface area contributed by atoms with Crippen LogP contribution in [0.15, 0.2) is 486 Å². The van der Waals surface area contributed by atoms with E-state index >= 15 is 0 Å². The molecule has 20 aromatic rings. The van der Waals surface area contributed by atoms with Gasteiger partial charge in [0.1, 0.15) is 0 Å². The quantitative estimate of drug-likeness (QED) is 0.128. The summed E-state index contributed by atoms with van der Waals surface area (Å²) in [6, 6.07) is 160.